The van der Waals surface area contributed by atoms with Gasteiger partial charge in [0.05, 0.1) is 25.2 Å². The molecule has 1 amide bonds. The van der Waals surface area contributed by atoms with Crippen molar-refractivity contribution in [1.82, 2.24) is 15.2 Å². The number of phenols is 1. The van der Waals surface area contributed by atoms with Gasteiger partial charge in [-0.15, -0.1) is 0 Å². The van der Waals surface area contributed by atoms with E-state index in [-0.39, 0.29) is 17.2 Å². The van der Waals surface area contributed by atoms with Gasteiger partial charge >= 0.3 is 0 Å². The molecule has 0 atom stereocenters. The number of aromatic nitrogens is 1. The molecule has 1 saturated carbocycles. The Morgan fingerprint density at radius 1 is 0.947 bits per heavy atom. The maximum absolute atomic E-state index is 13.2. The Morgan fingerprint density at radius 3 is 2.53 bits per heavy atom. The Labute approximate surface area is 225 Å². The van der Waals surface area contributed by atoms with Crippen LogP contribution in [0.25, 0.3) is 10.9 Å². The van der Waals surface area contributed by atoms with E-state index >= 15 is 0 Å². The van der Waals surface area contributed by atoms with Crippen molar-refractivity contribution in [2.75, 3.05) is 32.8 Å². The molecule has 4 rings (SSSR count). The summed E-state index contributed by atoms with van der Waals surface area (Å²) in [5.41, 5.74) is 2.56. The molecule has 0 unspecified atom stereocenters. The van der Waals surface area contributed by atoms with E-state index in [4.69, 9.17) is 4.74 Å². The Balaban J connectivity index is 1.25. The summed E-state index contributed by atoms with van der Waals surface area (Å²) in [5, 5.41) is 14.5. The average Bonchev–Trinajstić information content (AvgIpc) is 3.22. The molecule has 0 bridgehead atoms. The van der Waals surface area contributed by atoms with Crippen molar-refractivity contribution in [1.29, 1.82) is 0 Å². The molecule has 1 aliphatic rings. The van der Waals surface area contributed by atoms with Crippen molar-refractivity contribution in [2.45, 2.75) is 63.8 Å². The number of ether oxygens (including phenoxy) is 1. The topological polar surface area (TPSA) is 94.7 Å². The average molecular weight is 520 g/mol. The number of carbonyl (C=O) groups excluding carboxylic acids is 1. The van der Waals surface area contributed by atoms with Crippen LogP contribution < -0.4 is 10.9 Å². The van der Waals surface area contributed by atoms with Crippen molar-refractivity contribution >= 4 is 16.8 Å². The summed E-state index contributed by atoms with van der Waals surface area (Å²) in [5.74, 6) is 0.267. The third-order valence-electron chi connectivity index (χ3n) is 7.49. The molecule has 7 nitrogen and oxygen atoms in total. The number of phenolic OH excluding ortho intramolecular Hbond substituents is 1. The number of fused-ring (bicyclic) bond motifs is 1. The lowest BCUT2D eigenvalue weighted by atomic mass is 10.0. The number of pyridine rings is 1. The predicted octanol–water partition coefficient (Wildman–Crippen LogP) is 4.57. The SMILES string of the molecule is O=C(CCOCCc1ccccc1)N(CCNCCc1ccc(O)c2[nH]c(=O)ccc12)C1CCCCCC1. The Bertz CT molecular complexity index is 1200. The van der Waals surface area contributed by atoms with E-state index in [2.05, 4.69) is 27.3 Å². The number of hydrogen-bond acceptors (Lipinski definition) is 5. The van der Waals surface area contributed by atoms with Gasteiger partial charge in [0.15, 0.2) is 0 Å². The number of rotatable bonds is 13. The van der Waals surface area contributed by atoms with E-state index in [0.717, 1.165) is 49.7 Å². The molecule has 0 spiro atoms. The zero-order chi connectivity index (χ0) is 26.6. The first kappa shape index (κ1) is 27.9. The van der Waals surface area contributed by atoms with Gasteiger partial charge in [0.2, 0.25) is 11.5 Å². The molecule has 1 aromatic heterocycles. The lowest BCUT2D eigenvalue weighted by Crippen LogP contribution is -2.44. The minimum Gasteiger partial charge on any atom is -0.506 e. The van der Waals surface area contributed by atoms with Crippen molar-refractivity contribution in [3.05, 3.63) is 76.1 Å². The third-order valence-corrected chi connectivity index (χ3v) is 7.49. The number of amides is 1. The zero-order valence-electron chi connectivity index (χ0n) is 22.3. The van der Waals surface area contributed by atoms with Crippen LogP contribution in [-0.2, 0) is 22.4 Å². The zero-order valence-corrected chi connectivity index (χ0v) is 22.3. The van der Waals surface area contributed by atoms with Crippen LogP contribution in [0, 0.1) is 0 Å². The minimum atomic E-state index is -0.229. The molecular weight excluding hydrogens is 478 g/mol. The Kier molecular flexibility index (Phi) is 10.8. The number of aromatic hydroxyl groups is 1. The molecule has 2 aromatic carbocycles. The quantitative estimate of drug-likeness (QED) is 0.227. The second-order valence-corrected chi connectivity index (χ2v) is 10.2. The number of carbonyl (C=O) groups is 1. The van der Waals surface area contributed by atoms with E-state index in [1.54, 1.807) is 12.1 Å². The highest BCUT2D eigenvalue weighted by Crippen LogP contribution is 2.25. The van der Waals surface area contributed by atoms with Crippen LogP contribution in [0.2, 0.25) is 0 Å². The van der Waals surface area contributed by atoms with Crippen LogP contribution in [0.15, 0.2) is 59.4 Å². The summed E-state index contributed by atoms with van der Waals surface area (Å²) >= 11 is 0. The van der Waals surface area contributed by atoms with Crippen LogP contribution >= 0.6 is 0 Å². The summed E-state index contributed by atoms with van der Waals surface area (Å²) in [6, 6.07) is 17.4. The Hall–Kier alpha value is -3.16. The first-order valence-corrected chi connectivity index (χ1v) is 14.1. The number of nitrogens with one attached hydrogen (secondary N) is 2. The van der Waals surface area contributed by atoms with E-state index in [1.165, 1.54) is 37.3 Å². The van der Waals surface area contributed by atoms with Crippen LogP contribution in [-0.4, -0.2) is 59.8 Å². The van der Waals surface area contributed by atoms with Crippen molar-refractivity contribution < 1.29 is 14.6 Å². The molecule has 38 heavy (non-hydrogen) atoms. The summed E-state index contributed by atoms with van der Waals surface area (Å²) in [6.07, 6.45) is 9.08. The lowest BCUT2D eigenvalue weighted by molar-refractivity contribution is -0.135. The van der Waals surface area contributed by atoms with Crippen molar-refractivity contribution in [2.24, 2.45) is 0 Å². The molecule has 0 aliphatic heterocycles. The van der Waals surface area contributed by atoms with Gasteiger partial charge in [0, 0.05) is 30.6 Å². The summed E-state index contributed by atoms with van der Waals surface area (Å²) in [7, 11) is 0. The molecule has 1 aliphatic carbocycles. The molecule has 204 valence electrons. The van der Waals surface area contributed by atoms with Crippen LogP contribution in [0.4, 0.5) is 0 Å². The van der Waals surface area contributed by atoms with Gasteiger partial charge in [-0.25, -0.2) is 0 Å². The number of hydrogen-bond donors (Lipinski definition) is 3. The van der Waals surface area contributed by atoms with Gasteiger partial charge in [0.25, 0.3) is 0 Å². The smallest absolute Gasteiger partial charge is 0.248 e. The molecule has 3 N–H and O–H groups in total. The van der Waals surface area contributed by atoms with Crippen LogP contribution in [0.1, 0.15) is 56.1 Å². The molecule has 7 heteroatoms. The summed E-state index contributed by atoms with van der Waals surface area (Å²) < 4.78 is 5.81. The molecular formula is C31H41N3O4. The fraction of sp³-hybridized carbons (Fsp3) is 0.484. The third kappa shape index (κ3) is 8.17. The highest BCUT2D eigenvalue weighted by Gasteiger charge is 2.24. The number of aromatic amines is 1. The van der Waals surface area contributed by atoms with E-state index < -0.39 is 0 Å². The second kappa shape index (κ2) is 14.7. The fourth-order valence-electron chi connectivity index (χ4n) is 5.38. The van der Waals surface area contributed by atoms with Crippen LogP contribution in [0.3, 0.4) is 0 Å². The van der Waals surface area contributed by atoms with Crippen molar-refractivity contribution in [3.63, 3.8) is 0 Å². The van der Waals surface area contributed by atoms with Crippen molar-refractivity contribution in [3.8, 4) is 5.75 Å². The molecule has 1 heterocycles. The molecule has 3 aromatic rings. The highest BCUT2D eigenvalue weighted by molar-refractivity contribution is 5.87. The number of nitrogens with zero attached hydrogens (tertiary/aromatic N) is 1. The van der Waals surface area contributed by atoms with Gasteiger partial charge in [-0.05, 0) is 55.5 Å². The number of benzene rings is 2. The summed E-state index contributed by atoms with van der Waals surface area (Å²) in [6.45, 7) is 3.25. The fourth-order valence-corrected chi connectivity index (χ4v) is 5.38. The Morgan fingerprint density at radius 2 is 1.74 bits per heavy atom. The standard InChI is InChI=1S/C31H41N3O4/c35-28-14-12-25(27-13-15-29(36)33-31(27)28)16-19-32-20-21-34(26-10-6-1-2-7-11-26)30(37)18-23-38-22-17-24-8-4-3-5-9-24/h3-5,8-9,12-15,26,32,35H,1-2,6-7,10-11,16-23H2,(H,33,36). The van der Waals surface area contributed by atoms with Crippen LogP contribution in [0.5, 0.6) is 5.75 Å². The van der Waals surface area contributed by atoms with E-state index in [9.17, 15) is 14.7 Å². The first-order chi connectivity index (χ1) is 18.6. The predicted molar refractivity (Wildman–Crippen MR) is 152 cm³/mol. The minimum absolute atomic E-state index is 0.0796. The summed E-state index contributed by atoms with van der Waals surface area (Å²) in [4.78, 5) is 29.7. The second-order valence-electron chi connectivity index (χ2n) is 10.2. The monoisotopic (exact) mass is 519 g/mol. The van der Waals surface area contributed by atoms with Gasteiger partial charge in [-0.2, -0.15) is 0 Å². The van der Waals surface area contributed by atoms with Gasteiger partial charge in [0.1, 0.15) is 5.75 Å². The molecule has 0 saturated heterocycles. The molecule has 1 fully saturated rings. The number of H-pyrrole nitrogens is 1. The van der Waals surface area contributed by atoms with Gasteiger partial charge in [-0.1, -0.05) is 62.1 Å². The van der Waals surface area contributed by atoms with Gasteiger partial charge < -0.3 is 25.0 Å². The largest absolute Gasteiger partial charge is 0.506 e. The maximum Gasteiger partial charge on any atom is 0.248 e. The van der Waals surface area contributed by atoms with Gasteiger partial charge in [-0.3, -0.25) is 9.59 Å². The lowest BCUT2D eigenvalue weighted by Gasteiger charge is -2.31. The first-order valence-electron chi connectivity index (χ1n) is 14.1. The highest BCUT2D eigenvalue weighted by atomic mass is 16.5. The van der Waals surface area contributed by atoms with E-state index in [1.807, 2.05) is 24.3 Å². The maximum atomic E-state index is 13.2. The van der Waals surface area contributed by atoms with E-state index in [0.29, 0.717) is 37.7 Å². The molecule has 0 radical (unpaired) electrons. The normalized spacial score (nSPS) is 14.4.